The average Bonchev–Trinajstić information content (AvgIpc) is 2.38. The van der Waals surface area contributed by atoms with E-state index >= 15 is 0 Å². The van der Waals surface area contributed by atoms with Gasteiger partial charge in [0.25, 0.3) is 0 Å². The second-order valence-electron chi connectivity index (χ2n) is 4.18. The van der Waals surface area contributed by atoms with Gasteiger partial charge in [-0.1, -0.05) is 51.3 Å². The number of primary sulfonamides is 1. The fraction of sp³-hybridized carbons (Fsp3) is 0.0769. The zero-order valence-corrected chi connectivity index (χ0v) is 14.4. The highest BCUT2D eigenvalue weighted by molar-refractivity contribution is 9.10. The van der Waals surface area contributed by atoms with E-state index in [1.165, 1.54) is 12.1 Å². The van der Waals surface area contributed by atoms with Crippen molar-refractivity contribution in [1.82, 2.24) is 0 Å². The van der Waals surface area contributed by atoms with Crippen molar-refractivity contribution in [2.24, 2.45) is 5.14 Å². The summed E-state index contributed by atoms with van der Waals surface area (Å²) in [4.78, 5) is -0.232. The van der Waals surface area contributed by atoms with Gasteiger partial charge in [-0.15, -0.1) is 0 Å². The molecule has 0 bridgehead atoms. The summed E-state index contributed by atoms with van der Waals surface area (Å²) in [6, 6.07) is 10.1. The van der Waals surface area contributed by atoms with Crippen LogP contribution in [0, 0.1) is 0 Å². The third-order valence-corrected chi connectivity index (χ3v) is 4.74. The van der Waals surface area contributed by atoms with Crippen molar-refractivity contribution in [3.05, 3.63) is 56.5 Å². The molecular weight excluding hydrogens is 401 g/mol. The van der Waals surface area contributed by atoms with Gasteiger partial charge in [0.1, 0.15) is 17.3 Å². The highest BCUT2D eigenvalue weighted by Crippen LogP contribution is 2.33. The molecule has 0 spiro atoms. The van der Waals surface area contributed by atoms with Gasteiger partial charge >= 0.3 is 0 Å². The molecule has 0 aliphatic carbocycles. The summed E-state index contributed by atoms with van der Waals surface area (Å²) >= 11 is 15.2. The van der Waals surface area contributed by atoms with Gasteiger partial charge in [0.15, 0.2) is 0 Å². The highest BCUT2D eigenvalue weighted by Gasteiger charge is 2.16. The van der Waals surface area contributed by atoms with Crippen molar-refractivity contribution in [3.63, 3.8) is 0 Å². The minimum Gasteiger partial charge on any atom is -0.487 e. The van der Waals surface area contributed by atoms with Gasteiger partial charge in [-0.2, -0.15) is 0 Å². The van der Waals surface area contributed by atoms with E-state index in [0.29, 0.717) is 0 Å². The quantitative estimate of drug-likeness (QED) is 0.828. The Kier molecular flexibility index (Phi) is 5.16. The number of sulfonamides is 1. The maximum Gasteiger partial charge on any atom is 0.239 e. The lowest BCUT2D eigenvalue weighted by Gasteiger charge is -2.11. The molecule has 0 saturated carbocycles. The molecule has 4 nitrogen and oxygen atoms in total. The van der Waals surface area contributed by atoms with Gasteiger partial charge in [-0.3, -0.25) is 0 Å². The maximum atomic E-state index is 11.3. The lowest BCUT2D eigenvalue weighted by atomic mass is 10.2. The minimum absolute atomic E-state index is 0.0360. The number of hydrogen-bond donors (Lipinski definition) is 1. The predicted octanol–water partition coefficient (Wildman–Crippen LogP) is 3.98. The van der Waals surface area contributed by atoms with Gasteiger partial charge in [0.2, 0.25) is 10.0 Å². The summed E-state index contributed by atoms with van der Waals surface area (Å²) in [6.07, 6.45) is 0. The van der Waals surface area contributed by atoms with Gasteiger partial charge in [-0.25, -0.2) is 13.6 Å². The molecule has 0 saturated heterocycles. The molecule has 0 aliphatic rings. The van der Waals surface area contributed by atoms with E-state index in [4.69, 9.17) is 33.1 Å². The van der Waals surface area contributed by atoms with Gasteiger partial charge in [-0.05, 0) is 23.8 Å². The van der Waals surface area contributed by atoms with Crippen LogP contribution in [0.2, 0.25) is 10.0 Å². The van der Waals surface area contributed by atoms with Crippen LogP contribution in [0.3, 0.4) is 0 Å². The van der Waals surface area contributed by atoms with Crippen LogP contribution < -0.4 is 9.88 Å². The summed E-state index contributed by atoms with van der Waals surface area (Å²) in [5.41, 5.74) is 0.923. The van der Waals surface area contributed by atoms with E-state index in [-0.39, 0.29) is 27.3 Å². The van der Waals surface area contributed by atoms with Crippen LogP contribution in [0.5, 0.6) is 5.75 Å². The van der Waals surface area contributed by atoms with E-state index in [1.807, 2.05) is 24.3 Å². The van der Waals surface area contributed by atoms with Crippen LogP contribution in [0.1, 0.15) is 5.56 Å². The summed E-state index contributed by atoms with van der Waals surface area (Å²) in [7, 11) is -3.92. The normalized spacial score (nSPS) is 11.4. The number of ether oxygens (including phenoxy) is 1. The summed E-state index contributed by atoms with van der Waals surface area (Å²) in [5, 5.41) is 5.13. The lowest BCUT2D eigenvalue weighted by Crippen LogP contribution is -2.13. The van der Waals surface area contributed by atoms with Crippen molar-refractivity contribution in [2.45, 2.75) is 11.5 Å². The maximum absolute atomic E-state index is 11.3. The Morgan fingerprint density at radius 3 is 2.48 bits per heavy atom. The molecule has 2 rings (SSSR count). The first kappa shape index (κ1) is 16.6. The number of nitrogens with two attached hydrogens (primary N) is 1. The SMILES string of the molecule is NS(=O)(=O)c1cc(Cl)c(OCc2cccc(Br)c2)cc1Cl. The lowest BCUT2D eigenvalue weighted by molar-refractivity contribution is 0.306. The first-order valence-corrected chi connectivity index (χ1v) is 8.76. The molecule has 0 amide bonds. The largest absolute Gasteiger partial charge is 0.487 e. The summed E-state index contributed by atoms with van der Waals surface area (Å²) in [6.45, 7) is 0.268. The van der Waals surface area contributed by atoms with Gasteiger partial charge in [0.05, 0.1) is 10.0 Å². The Morgan fingerprint density at radius 1 is 1.14 bits per heavy atom. The molecule has 0 unspecified atom stereocenters. The third-order valence-electron chi connectivity index (χ3n) is 2.58. The molecule has 2 aromatic carbocycles. The zero-order chi connectivity index (χ0) is 15.6. The van der Waals surface area contributed by atoms with Crippen molar-refractivity contribution >= 4 is 49.2 Å². The zero-order valence-electron chi connectivity index (χ0n) is 10.5. The van der Waals surface area contributed by atoms with Gasteiger partial charge in [0, 0.05) is 10.5 Å². The van der Waals surface area contributed by atoms with Crippen LogP contribution in [0.25, 0.3) is 0 Å². The van der Waals surface area contributed by atoms with Crippen LogP contribution in [-0.2, 0) is 16.6 Å². The van der Waals surface area contributed by atoms with E-state index in [2.05, 4.69) is 15.9 Å². The molecule has 8 heteroatoms. The minimum atomic E-state index is -3.92. The third kappa shape index (κ3) is 4.34. The molecule has 21 heavy (non-hydrogen) atoms. The van der Waals surface area contributed by atoms with Crippen molar-refractivity contribution in [2.75, 3.05) is 0 Å². The number of rotatable bonds is 4. The molecule has 0 aliphatic heterocycles. The topological polar surface area (TPSA) is 69.4 Å². The fourth-order valence-corrected chi connectivity index (χ4v) is 3.45. The molecule has 112 valence electrons. The Bertz CT molecular complexity index is 781. The van der Waals surface area contributed by atoms with Crippen LogP contribution >= 0.6 is 39.1 Å². The Labute approximate surface area is 141 Å². The first-order valence-electron chi connectivity index (χ1n) is 5.66. The molecule has 0 heterocycles. The molecule has 0 radical (unpaired) electrons. The molecule has 0 aromatic heterocycles. The Hall–Kier alpha value is -0.790. The Morgan fingerprint density at radius 2 is 1.86 bits per heavy atom. The summed E-state index contributed by atoms with van der Waals surface area (Å²) in [5.74, 6) is 0.286. The molecular formula is C13H10BrCl2NO3S. The first-order chi connectivity index (χ1) is 9.77. The van der Waals surface area contributed by atoms with Gasteiger partial charge < -0.3 is 4.74 Å². The van der Waals surface area contributed by atoms with E-state index in [1.54, 1.807) is 0 Å². The van der Waals surface area contributed by atoms with Crippen LogP contribution in [-0.4, -0.2) is 8.42 Å². The molecule has 2 N–H and O–H groups in total. The van der Waals surface area contributed by atoms with Crippen LogP contribution in [0.4, 0.5) is 0 Å². The fourth-order valence-electron chi connectivity index (χ4n) is 1.63. The van der Waals surface area contributed by atoms with Crippen molar-refractivity contribution in [1.29, 1.82) is 0 Å². The van der Waals surface area contributed by atoms with Crippen molar-refractivity contribution in [3.8, 4) is 5.75 Å². The summed E-state index contributed by atoms with van der Waals surface area (Å²) < 4.78 is 29.1. The molecule has 2 aromatic rings. The van der Waals surface area contributed by atoms with E-state index in [0.717, 1.165) is 10.0 Å². The van der Waals surface area contributed by atoms with Crippen LogP contribution in [0.15, 0.2) is 45.8 Å². The molecule has 0 atom stereocenters. The molecule has 0 fully saturated rings. The number of halogens is 3. The van der Waals surface area contributed by atoms with E-state index < -0.39 is 10.0 Å². The smallest absolute Gasteiger partial charge is 0.239 e. The monoisotopic (exact) mass is 409 g/mol. The second kappa shape index (κ2) is 6.54. The van der Waals surface area contributed by atoms with E-state index in [9.17, 15) is 8.42 Å². The highest BCUT2D eigenvalue weighted by atomic mass is 79.9. The number of hydrogen-bond acceptors (Lipinski definition) is 3. The standard InChI is InChI=1S/C13H10BrCl2NO3S/c14-9-3-1-2-8(4-9)7-20-12-5-11(16)13(6-10(12)15)21(17,18)19/h1-6H,7H2,(H2,17,18,19). The second-order valence-corrected chi connectivity index (χ2v) is 7.44. The predicted molar refractivity (Wildman–Crippen MR) is 86.3 cm³/mol. The number of benzene rings is 2. The average molecular weight is 411 g/mol. The van der Waals surface area contributed by atoms with Crippen molar-refractivity contribution < 1.29 is 13.2 Å². The Balaban J connectivity index is 2.24.